The molecule has 3 N–H and O–H groups in total. The van der Waals surface area contributed by atoms with Crippen LogP contribution in [-0.2, 0) is 11.3 Å². The van der Waals surface area contributed by atoms with Crippen molar-refractivity contribution >= 4 is 29.2 Å². The van der Waals surface area contributed by atoms with Gasteiger partial charge in [0, 0.05) is 16.3 Å². The van der Waals surface area contributed by atoms with E-state index in [2.05, 4.69) is 5.32 Å². The Hall–Kier alpha value is -1.75. The molecule has 0 saturated carbocycles. The molecule has 19 heavy (non-hydrogen) atoms. The van der Waals surface area contributed by atoms with Gasteiger partial charge in [-0.2, -0.15) is 0 Å². The summed E-state index contributed by atoms with van der Waals surface area (Å²) in [5, 5.41) is 3.13. The highest BCUT2D eigenvalue weighted by molar-refractivity contribution is 6.31. The molecule has 1 aromatic rings. The van der Waals surface area contributed by atoms with E-state index in [-0.39, 0.29) is 18.5 Å². The van der Waals surface area contributed by atoms with Gasteiger partial charge in [-0.05, 0) is 18.6 Å². The number of nitrogen functional groups attached to an aromatic ring is 1. The van der Waals surface area contributed by atoms with Crippen LogP contribution in [0.4, 0.5) is 10.5 Å². The molecule has 1 fully saturated rings. The van der Waals surface area contributed by atoms with Crippen molar-refractivity contribution in [1.82, 2.24) is 10.2 Å². The molecule has 1 aromatic carbocycles. The Bertz CT molecular complexity index is 498. The summed E-state index contributed by atoms with van der Waals surface area (Å²) >= 11 is 6.05. The first-order chi connectivity index (χ1) is 9.04. The zero-order valence-corrected chi connectivity index (χ0v) is 11.4. The van der Waals surface area contributed by atoms with E-state index in [0.717, 1.165) is 11.3 Å². The summed E-state index contributed by atoms with van der Waals surface area (Å²) in [6.45, 7) is 2.07. The fourth-order valence-electron chi connectivity index (χ4n) is 2.11. The first-order valence-electron chi connectivity index (χ1n) is 6.19. The third-order valence-electron chi connectivity index (χ3n) is 3.16. The molecule has 3 amide bonds. The number of carbonyl (C=O) groups excluding carboxylic acids is 2. The monoisotopic (exact) mass is 281 g/mol. The van der Waals surface area contributed by atoms with Crippen molar-refractivity contribution in [2.75, 3.05) is 5.73 Å². The van der Waals surface area contributed by atoms with Crippen LogP contribution in [0.5, 0.6) is 0 Å². The zero-order chi connectivity index (χ0) is 14.0. The fourth-order valence-corrected chi connectivity index (χ4v) is 2.35. The van der Waals surface area contributed by atoms with Gasteiger partial charge in [0.1, 0.15) is 6.04 Å². The summed E-state index contributed by atoms with van der Waals surface area (Å²) in [5.74, 6) is -0.217. The minimum atomic E-state index is -0.429. The first kappa shape index (κ1) is 13.7. The Kier molecular flexibility index (Phi) is 3.95. The molecule has 0 spiro atoms. The highest BCUT2D eigenvalue weighted by Crippen LogP contribution is 2.25. The molecule has 1 aliphatic heterocycles. The number of benzene rings is 1. The largest absolute Gasteiger partial charge is 0.398 e. The number of imide groups is 1. The van der Waals surface area contributed by atoms with Gasteiger partial charge in [-0.1, -0.05) is 31.0 Å². The summed E-state index contributed by atoms with van der Waals surface area (Å²) in [7, 11) is 0. The van der Waals surface area contributed by atoms with Gasteiger partial charge in [-0.15, -0.1) is 0 Å². The zero-order valence-electron chi connectivity index (χ0n) is 10.6. The lowest BCUT2D eigenvalue weighted by Crippen LogP contribution is -2.31. The number of hydrogen-bond acceptors (Lipinski definition) is 3. The van der Waals surface area contributed by atoms with Crippen molar-refractivity contribution in [2.45, 2.75) is 32.4 Å². The maximum absolute atomic E-state index is 12.1. The summed E-state index contributed by atoms with van der Waals surface area (Å²) in [4.78, 5) is 25.1. The number of urea groups is 1. The van der Waals surface area contributed by atoms with Gasteiger partial charge in [-0.3, -0.25) is 9.69 Å². The van der Waals surface area contributed by atoms with E-state index in [1.165, 1.54) is 0 Å². The number of nitrogens with two attached hydrogens (primary N) is 1. The van der Waals surface area contributed by atoms with Gasteiger partial charge in [0.25, 0.3) is 5.91 Å². The molecule has 1 saturated heterocycles. The van der Waals surface area contributed by atoms with Gasteiger partial charge in [0.15, 0.2) is 0 Å². The summed E-state index contributed by atoms with van der Waals surface area (Å²) < 4.78 is 0. The van der Waals surface area contributed by atoms with Gasteiger partial charge in [0.2, 0.25) is 0 Å². The fraction of sp³-hybridized carbons (Fsp3) is 0.385. The normalized spacial score (nSPS) is 18.8. The van der Waals surface area contributed by atoms with Crippen molar-refractivity contribution in [1.29, 1.82) is 0 Å². The predicted molar refractivity (Wildman–Crippen MR) is 73.6 cm³/mol. The van der Waals surface area contributed by atoms with Crippen LogP contribution in [0.1, 0.15) is 25.3 Å². The maximum Gasteiger partial charge on any atom is 0.325 e. The summed E-state index contributed by atoms with van der Waals surface area (Å²) in [6, 6.07) is 4.30. The molecule has 1 atom stereocenters. The van der Waals surface area contributed by atoms with Gasteiger partial charge >= 0.3 is 6.03 Å². The Balaban J connectivity index is 2.19. The molecule has 6 heteroatoms. The van der Waals surface area contributed by atoms with E-state index in [4.69, 9.17) is 17.3 Å². The number of rotatable bonds is 4. The molecule has 102 valence electrons. The van der Waals surface area contributed by atoms with Crippen LogP contribution in [0.2, 0.25) is 5.02 Å². The molecule has 0 aliphatic carbocycles. The summed E-state index contributed by atoms with van der Waals surface area (Å²) in [5.41, 5.74) is 6.91. The van der Waals surface area contributed by atoms with Crippen molar-refractivity contribution in [3.05, 3.63) is 28.8 Å². The van der Waals surface area contributed by atoms with E-state index in [1.807, 2.05) is 6.92 Å². The Morgan fingerprint density at radius 1 is 1.42 bits per heavy atom. The van der Waals surface area contributed by atoms with E-state index in [1.54, 1.807) is 18.2 Å². The van der Waals surface area contributed by atoms with Crippen LogP contribution in [0.3, 0.4) is 0 Å². The van der Waals surface area contributed by atoms with E-state index in [9.17, 15) is 9.59 Å². The average Bonchev–Trinajstić information content (AvgIpc) is 2.61. The standard InChI is InChI=1S/C13H16ClN3O2/c1-2-4-11-12(18)17(13(19)16-11)7-8-9(14)5-3-6-10(8)15/h3,5-6,11H,2,4,7,15H2,1H3,(H,16,19). The van der Waals surface area contributed by atoms with Crippen LogP contribution in [0.25, 0.3) is 0 Å². The van der Waals surface area contributed by atoms with E-state index >= 15 is 0 Å². The Morgan fingerprint density at radius 3 is 2.79 bits per heavy atom. The van der Waals surface area contributed by atoms with E-state index < -0.39 is 6.04 Å². The number of nitrogens with one attached hydrogen (secondary N) is 1. The van der Waals surface area contributed by atoms with Gasteiger partial charge < -0.3 is 11.1 Å². The highest BCUT2D eigenvalue weighted by atomic mass is 35.5. The average molecular weight is 282 g/mol. The SMILES string of the molecule is CCCC1NC(=O)N(Cc2c(N)cccc2Cl)C1=O. The predicted octanol–water partition coefficient (Wildman–Crippen LogP) is 2.14. The topological polar surface area (TPSA) is 75.4 Å². The lowest BCUT2D eigenvalue weighted by atomic mass is 10.1. The smallest absolute Gasteiger partial charge is 0.325 e. The molecule has 0 radical (unpaired) electrons. The summed E-state index contributed by atoms with van der Waals surface area (Å²) in [6.07, 6.45) is 1.47. The van der Waals surface area contributed by atoms with Crippen molar-refractivity contribution in [3.8, 4) is 0 Å². The number of amides is 3. The number of hydrogen-bond donors (Lipinski definition) is 2. The van der Waals surface area contributed by atoms with E-state index in [0.29, 0.717) is 22.7 Å². The van der Waals surface area contributed by atoms with Gasteiger partial charge in [-0.25, -0.2) is 4.79 Å². The second-order valence-electron chi connectivity index (χ2n) is 4.52. The number of halogens is 1. The third kappa shape index (κ3) is 2.66. The van der Waals surface area contributed by atoms with Crippen LogP contribution in [0.15, 0.2) is 18.2 Å². The van der Waals surface area contributed by atoms with Crippen molar-refractivity contribution in [3.63, 3.8) is 0 Å². The molecule has 2 rings (SSSR count). The molecule has 1 heterocycles. The van der Waals surface area contributed by atoms with Crippen molar-refractivity contribution < 1.29 is 9.59 Å². The van der Waals surface area contributed by atoms with Crippen LogP contribution in [0, 0.1) is 0 Å². The second kappa shape index (κ2) is 5.48. The molecule has 0 bridgehead atoms. The molecular weight excluding hydrogens is 266 g/mol. The lowest BCUT2D eigenvalue weighted by molar-refractivity contribution is -0.128. The minimum Gasteiger partial charge on any atom is -0.398 e. The Labute approximate surface area is 116 Å². The molecular formula is C13H16ClN3O2. The van der Waals surface area contributed by atoms with Crippen molar-refractivity contribution in [2.24, 2.45) is 0 Å². The van der Waals surface area contributed by atoms with Crippen LogP contribution >= 0.6 is 11.6 Å². The third-order valence-corrected chi connectivity index (χ3v) is 3.51. The molecule has 5 nitrogen and oxygen atoms in total. The molecule has 1 aliphatic rings. The maximum atomic E-state index is 12.1. The number of carbonyl (C=O) groups is 2. The van der Waals surface area contributed by atoms with Crippen LogP contribution < -0.4 is 11.1 Å². The lowest BCUT2D eigenvalue weighted by Gasteiger charge is -2.15. The minimum absolute atomic E-state index is 0.108. The first-order valence-corrected chi connectivity index (χ1v) is 6.57. The van der Waals surface area contributed by atoms with Crippen LogP contribution in [-0.4, -0.2) is 22.9 Å². The molecule has 0 aromatic heterocycles. The molecule has 1 unspecified atom stereocenters. The quantitative estimate of drug-likeness (QED) is 0.656. The highest BCUT2D eigenvalue weighted by Gasteiger charge is 2.37. The van der Waals surface area contributed by atoms with Gasteiger partial charge in [0.05, 0.1) is 6.54 Å². The number of anilines is 1. The number of nitrogens with zero attached hydrogens (tertiary/aromatic N) is 1. The second-order valence-corrected chi connectivity index (χ2v) is 4.93. The Morgan fingerprint density at radius 2 is 2.16 bits per heavy atom.